The van der Waals surface area contributed by atoms with Crippen LogP contribution >= 0.6 is 24.0 Å². The molecular weight excluding hydrogens is 415 g/mol. The van der Waals surface area contributed by atoms with Crippen LogP contribution in [0.25, 0.3) is 0 Å². The van der Waals surface area contributed by atoms with Crippen LogP contribution < -0.4 is 10.6 Å². The minimum Gasteiger partial charge on any atom is -0.388 e. The average Bonchev–Trinajstić information content (AvgIpc) is 3.23. The summed E-state index contributed by atoms with van der Waals surface area (Å²) in [6.07, 6.45) is 8.22. The van der Waals surface area contributed by atoms with Gasteiger partial charge < -0.3 is 15.7 Å². The summed E-state index contributed by atoms with van der Waals surface area (Å²) in [5.74, 6) is 0.853. The molecule has 0 radical (unpaired) electrons. The fourth-order valence-electron chi connectivity index (χ4n) is 3.72. The van der Waals surface area contributed by atoms with E-state index in [-0.39, 0.29) is 24.0 Å². The van der Waals surface area contributed by atoms with E-state index in [4.69, 9.17) is 0 Å². The lowest BCUT2D eigenvalue weighted by Crippen LogP contribution is -2.46. The molecule has 1 aliphatic heterocycles. The molecule has 2 fully saturated rings. The second-order valence-corrected chi connectivity index (χ2v) is 7.19. The number of nitrogens with zero attached hydrogens (tertiary/aromatic N) is 2. The first-order chi connectivity index (χ1) is 11.1. The molecule has 24 heavy (non-hydrogen) atoms. The van der Waals surface area contributed by atoms with Crippen LogP contribution in [0.1, 0.15) is 65.7 Å². The Kier molecular flexibility index (Phi) is 9.89. The van der Waals surface area contributed by atoms with Crippen LogP contribution in [0.3, 0.4) is 0 Å². The van der Waals surface area contributed by atoms with Crippen molar-refractivity contribution in [2.24, 2.45) is 4.99 Å². The predicted molar refractivity (Wildman–Crippen MR) is 112 cm³/mol. The van der Waals surface area contributed by atoms with E-state index in [0.717, 1.165) is 37.9 Å². The van der Waals surface area contributed by atoms with Crippen molar-refractivity contribution in [3.8, 4) is 0 Å². The maximum absolute atomic E-state index is 10.4. The quantitative estimate of drug-likeness (QED) is 0.316. The van der Waals surface area contributed by atoms with Gasteiger partial charge >= 0.3 is 0 Å². The molecule has 5 nitrogen and oxygen atoms in total. The van der Waals surface area contributed by atoms with Crippen molar-refractivity contribution >= 4 is 29.9 Å². The summed E-state index contributed by atoms with van der Waals surface area (Å²) in [4.78, 5) is 7.29. The molecule has 0 amide bonds. The van der Waals surface area contributed by atoms with Gasteiger partial charge in [0.2, 0.25) is 0 Å². The molecule has 2 aliphatic rings. The van der Waals surface area contributed by atoms with E-state index in [1.54, 1.807) is 0 Å². The van der Waals surface area contributed by atoms with Crippen LogP contribution in [0, 0.1) is 0 Å². The SMILES string of the molecule is CCNC(=NCC(O)(CC)CC)NC1CCN(C2CCCC2)C1.I. The molecule has 3 N–H and O–H groups in total. The van der Waals surface area contributed by atoms with E-state index in [9.17, 15) is 5.11 Å². The Morgan fingerprint density at radius 1 is 1.17 bits per heavy atom. The molecule has 6 heteroatoms. The topological polar surface area (TPSA) is 59.9 Å². The van der Waals surface area contributed by atoms with Crippen molar-refractivity contribution < 1.29 is 5.11 Å². The highest BCUT2D eigenvalue weighted by Gasteiger charge is 2.30. The Bertz CT molecular complexity index is 381. The Labute approximate surface area is 165 Å². The van der Waals surface area contributed by atoms with Crippen LogP contribution in [0.4, 0.5) is 0 Å². The zero-order valence-electron chi connectivity index (χ0n) is 15.7. The number of hydrogen-bond acceptors (Lipinski definition) is 3. The Morgan fingerprint density at radius 3 is 2.42 bits per heavy atom. The summed E-state index contributed by atoms with van der Waals surface area (Å²) in [6.45, 7) is 9.78. The second-order valence-electron chi connectivity index (χ2n) is 7.19. The summed E-state index contributed by atoms with van der Waals surface area (Å²) < 4.78 is 0. The second kappa shape index (κ2) is 10.8. The number of nitrogens with one attached hydrogen (secondary N) is 2. The number of aliphatic hydroxyl groups is 1. The van der Waals surface area contributed by atoms with E-state index in [0.29, 0.717) is 12.6 Å². The third kappa shape index (κ3) is 6.33. The highest BCUT2D eigenvalue weighted by molar-refractivity contribution is 14.0. The Balaban J connectivity index is 0.00000288. The fraction of sp³-hybridized carbons (Fsp3) is 0.944. The molecule has 1 unspecified atom stereocenters. The molecule has 1 saturated heterocycles. The normalized spacial score (nSPS) is 23.3. The van der Waals surface area contributed by atoms with E-state index in [1.165, 1.54) is 38.6 Å². The lowest BCUT2D eigenvalue weighted by molar-refractivity contribution is 0.0417. The molecule has 142 valence electrons. The number of guanidine groups is 1. The van der Waals surface area contributed by atoms with Gasteiger partial charge in [0, 0.05) is 31.7 Å². The summed E-state index contributed by atoms with van der Waals surface area (Å²) in [7, 11) is 0. The van der Waals surface area contributed by atoms with Crippen molar-refractivity contribution in [1.29, 1.82) is 0 Å². The van der Waals surface area contributed by atoms with Crippen molar-refractivity contribution in [1.82, 2.24) is 15.5 Å². The average molecular weight is 452 g/mol. The maximum atomic E-state index is 10.4. The number of rotatable bonds is 7. The zero-order chi connectivity index (χ0) is 16.7. The van der Waals surface area contributed by atoms with Gasteiger partial charge in [-0.25, -0.2) is 0 Å². The molecule has 0 spiro atoms. The van der Waals surface area contributed by atoms with Crippen molar-refractivity contribution in [3.63, 3.8) is 0 Å². The summed E-state index contributed by atoms with van der Waals surface area (Å²) in [5, 5.41) is 17.3. The van der Waals surface area contributed by atoms with Crippen LogP contribution in [0.5, 0.6) is 0 Å². The number of halogens is 1. The maximum Gasteiger partial charge on any atom is 0.191 e. The molecule has 1 saturated carbocycles. The third-order valence-electron chi connectivity index (χ3n) is 5.59. The van der Waals surface area contributed by atoms with Gasteiger partial charge in [-0.2, -0.15) is 0 Å². The van der Waals surface area contributed by atoms with Gasteiger partial charge in [-0.05, 0) is 39.0 Å². The Morgan fingerprint density at radius 2 is 1.83 bits per heavy atom. The zero-order valence-corrected chi connectivity index (χ0v) is 18.0. The van der Waals surface area contributed by atoms with Gasteiger partial charge in [0.05, 0.1) is 12.1 Å². The van der Waals surface area contributed by atoms with Crippen molar-refractivity contribution in [2.75, 3.05) is 26.2 Å². The first-order valence-corrected chi connectivity index (χ1v) is 9.61. The highest BCUT2D eigenvalue weighted by Crippen LogP contribution is 2.26. The van der Waals surface area contributed by atoms with E-state index in [2.05, 4.69) is 27.4 Å². The lowest BCUT2D eigenvalue weighted by Gasteiger charge is -2.25. The number of likely N-dealkylation sites (tertiary alicyclic amines) is 1. The highest BCUT2D eigenvalue weighted by atomic mass is 127. The van der Waals surface area contributed by atoms with Gasteiger partial charge in [-0.15, -0.1) is 24.0 Å². The molecule has 1 heterocycles. The van der Waals surface area contributed by atoms with E-state index >= 15 is 0 Å². The fourth-order valence-corrected chi connectivity index (χ4v) is 3.72. The Hall–Kier alpha value is -0.0800. The van der Waals surface area contributed by atoms with Crippen molar-refractivity contribution in [2.45, 2.75) is 83.4 Å². The van der Waals surface area contributed by atoms with Gasteiger partial charge in [0.25, 0.3) is 0 Å². The van der Waals surface area contributed by atoms with E-state index in [1.807, 2.05) is 13.8 Å². The third-order valence-corrected chi connectivity index (χ3v) is 5.59. The molecule has 0 aromatic rings. The number of hydrogen-bond donors (Lipinski definition) is 3. The molecule has 0 bridgehead atoms. The van der Waals surface area contributed by atoms with Crippen LogP contribution in [0.15, 0.2) is 4.99 Å². The number of aliphatic imine (C=N–C) groups is 1. The summed E-state index contributed by atoms with van der Waals surface area (Å²) in [6, 6.07) is 1.29. The van der Waals surface area contributed by atoms with Crippen molar-refractivity contribution in [3.05, 3.63) is 0 Å². The van der Waals surface area contributed by atoms with Gasteiger partial charge in [0.15, 0.2) is 5.96 Å². The molecule has 2 rings (SSSR count). The summed E-state index contributed by atoms with van der Waals surface area (Å²) >= 11 is 0. The van der Waals surface area contributed by atoms with Gasteiger partial charge in [-0.3, -0.25) is 9.89 Å². The van der Waals surface area contributed by atoms with Gasteiger partial charge in [-0.1, -0.05) is 26.7 Å². The van der Waals surface area contributed by atoms with Crippen LogP contribution in [0.2, 0.25) is 0 Å². The minimum absolute atomic E-state index is 0. The smallest absolute Gasteiger partial charge is 0.191 e. The van der Waals surface area contributed by atoms with Crippen LogP contribution in [-0.2, 0) is 0 Å². The van der Waals surface area contributed by atoms with E-state index < -0.39 is 5.60 Å². The van der Waals surface area contributed by atoms with Gasteiger partial charge in [0.1, 0.15) is 0 Å². The minimum atomic E-state index is -0.673. The lowest BCUT2D eigenvalue weighted by atomic mass is 9.98. The first kappa shape index (κ1) is 22.0. The summed E-state index contributed by atoms with van der Waals surface area (Å²) in [5.41, 5.74) is -0.673. The molecule has 0 aromatic heterocycles. The molecule has 1 atom stereocenters. The monoisotopic (exact) mass is 452 g/mol. The first-order valence-electron chi connectivity index (χ1n) is 9.61. The van der Waals surface area contributed by atoms with Crippen LogP contribution in [-0.4, -0.2) is 59.8 Å². The molecule has 0 aromatic carbocycles. The molecule has 1 aliphatic carbocycles. The standard InChI is InChI=1S/C18H36N4O.HI/c1-4-18(23,5-2)14-20-17(19-6-3)21-15-11-12-22(13-15)16-9-7-8-10-16;/h15-16,23H,4-14H2,1-3H3,(H2,19,20,21);1H. The molecular formula is C18H37IN4O. The largest absolute Gasteiger partial charge is 0.388 e. The predicted octanol–water partition coefficient (Wildman–Crippen LogP) is 2.73.